The van der Waals surface area contributed by atoms with E-state index in [0.29, 0.717) is 0 Å². The third-order valence-electron chi connectivity index (χ3n) is 4.56. The predicted octanol–water partition coefficient (Wildman–Crippen LogP) is 3.16. The van der Waals surface area contributed by atoms with Crippen LogP contribution in [-0.4, -0.2) is 0 Å². The van der Waals surface area contributed by atoms with Crippen LogP contribution in [0, 0.1) is 23.2 Å². The molecule has 0 spiro atoms. The fourth-order valence-electron chi connectivity index (χ4n) is 3.74. The van der Waals surface area contributed by atoms with Crippen molar-refractivity contribution in [3.05, 3.63) is 24.3 Å². The Morgan fingerprint density at radius 1 is 1.33 bits per heavy atom. The monoisotopic (exact) mass is 160 g/mol. The van der Waals surface area contributed by atoms with Gasteiger partial charge in [0, 0.05) is 0 Å². The van der Waals surface area contributed by atoms with Crippen LogP contribution < -0.4 is 0 Å². The summed E-state index contributed by atoms with van der Waals surface area (Å²) in [6, 6.07) is 0. The number of rotatable bonds is 3. The number of allylic oxidation sites excluding steroid dienone is 2. The van der Waals surface area contributed by atoms with E-state index in [1.54, 1.807) is 0 Å². The van der Waals surface area contributed by atoms with E-state index in [0.717, 1.165) is 23.2 Å². The Labute approximate surface area is 74.4 Å². The second-order valence-corrected chi connectivity index (χ2v) is 4.99. The molecule has 2 bridgehead atoms. The van der Waals surface area contributed by atoms with E-state index < -0.39 is 0 Å². The molecule has 4 aliphatic carbocycles. The summed E-state index contributed by atoms with van der Waals surface area (Å²) in [5, 5.41) is 0. The van der Waals surface area contributed by atoms with Crippen molar-refractivity contribution in [1.29, 1.82) is 0 Å². The van der Waals surface area contributed by atoms with Crippen molar-refractivity contribution in [3.8, 4) is 0 Å². The Morgan fingerprint density at radius 3 is 2.33 bits per heavy atom. The molecule has 0 heterocycles. The van der Waals surface area contributed by atoms with Crippen LogP contribution in [0.2, 0.25) is 0 Å². The molecule has 4 rings (SSSR count). The first kappa shape index (κ1) is 6.94. The molecule has 0 N–H and O–H groups in total. The van der Waals surface area contributed by atoms with Crippen molar-refractivity contribution in [1.82, 2.24) is 0 Å². The lowest BCUT2D eigenvalue weighted by atomic mass is 9.95. The molecule has 2 atom stereocenters. The lowest BCUT2D eigenvalue weighted by Gasteiger charge is -2.10. The predicted molar refractivity (Wildman–Crippen MR) is 50.7 cm³/mol. The summed E-state index contributed by atoms with van der Waals surface area (Å²) in [7, 11) is 0. The van der Waals surface area contributed by atoms with Gasteiger partial charge in [-0.25, -0.2) is 0 Å². The van der Waals surface area contributed by atoms with Crippen LogP contribution in [0.4, 0.5) is 0 Å². The van der Waals surface area contributed by atoms with E-state index in [9.17, 15) is 0 Å². The van der Waals surface area contributed by atoms with Crippen molar-refractivity contribution in [3.63, 3.8) is 0 Å². The van der Waals surface area contributed by atoms with E-state index >= 15 is 0 Å². The molecule has 0 aliphatic heterocycles. The maximum Gasteiger partial charge on any atom is -0.0161 e. The third-order valence-corrected chi connectivity index (χ3v) is 4.56. The molecule has 0 aromatic rings. The van der Waals surface area contributed by atoms with Crippen LogP contribution in [0.1, 0.15) is 26.2 Å². The summed E-state index contributed by atoms with van der Waals surface area (Å²) in [6.07, 6.45) is 4.29. The molecule has 4 saturated carbocycles. The van der Waals surface area contributed by atoms with Gasteiger partial charge in [0.15, 0.2) is 0 Å². The van der Waals surface area contributed by atoms with Gasteiger partial charge in [-0.3, -0.25) is 0 Å². The minimum Gasteiger partial charge on any atom is -0.0959 e. The summed E-state index contributed by atoms with van der Waals surface area (Å²) >= 11 is 0. The maximum atomic E-state index is 4.10. The topological polar surface area (TPSA) is 0 Å². The fraction of sp³-hybridized carbons (Fsp3) is 0.667. The summed E-state index contributed by atoms with van der Waals surface area (Å²) in [4.78, 5) is 0. The molecule has 4 aliphatic rings. The van der Waals surface area contributed by atoms with Crippen molar-refractivity contribution < 1.29 is 0 Å². The van der Waals surface area contributed by atoms with E-state index in [-0.39, 0.29) is 0 Å². The standard InChI is InChI=1S/C12H16/c1-7(2)8(3)6-12-9-4-5-10(12)11(9)12/h9-11H,1,3-6H2,2H3. The zero-order valence-corrected chi connectivity index (χ0v) is 7.77. The molecule has 0 nitrogen and oxygen atoms in total. The van der Waals surface area contributed by atoms with Gasteiger partial charge in [-0.1, -0.05) is 24.3 Å². The van der Waals surface area contributed by atoms with Gasteiger partial charge in [-0.15, -0.1) is 0 Å². The minimum absolute atomic E-state index is 0.788. The van der Waals surface area contributed by atoms with Crippen molar-refractivity contribution in [2.24, 2.45) is 23.2 Å². The Kier molecular flexibility index (Phi) is 0.988. The first-order valence-electron chi connectivity index (χ1n) is 5.01. The smallest absolute Gasteiger partial charge is 0.0161 e. The van der Waals surface area contributed by atoms with Crippen LogP contribution in [-0.2, 0) is 0 Å². The normalized spacial score (nSPS) is 51.6. The van der Waals surface area contributed by atoms with Gasteiger partial charge in [0.25, 0.3) is 0 Å². The molecule has 0 heteroatoms. The molecule has 0 aromatic carbocycles. The average Bonchev–Trinajstić information content (AvgIpc) is 2.68. The Hall–Kier alpha value is -0.520. The summed E-state index contributed by atoms with van der Waals surface area (Å²) in [5.74, 6) is 3.35. The van der Waals surface area contributed by atoms with Gasteiger partial charge in [-0.05, 0) is 49.4 Å². The lowest BCUT2D eigenvalue weighted by molar-refractivity contribution is 0.489. The largest absolute Gasteiger partial charge is 0.0959 e. The SMILES string of the molecule is C=C(C)C(=C)CC12C3CCC1C32. The zero-order chi connectivity index (χ0) is 8.51. The molecule has 0 amide bonds. The molecular weight excluding hydrogens is 144 g/mol. The molecule has 64 valence electrons. The zero-order valence-electron chi connectivity index (χ0n) is 7.77. The van der Waals surface area contributed by atoms with Crippen molar-refractivity contribution in [2.45, 2.75) is 26.2 Å². The first-order chi connectivity index (χ1) is 5.68. The highest BCUT2D eigenvalue weighted by Crippen LogP contribution is 2.93. The maximum absolute atomic E-state index is 4.10. The van der Waals surface area contributed by atoms with Gasteiger partial charge in [0.05, 0.1) is 0 Å². The van der Waals surface area contributed by atoms with Gasteiger partial charge in [-0.2, -0.15) is 0 Å². The molecule has 4 fully saturated rings. The number of fused-ring (bicyclic) bond motifs is 1. The summed E-state index contributed by atoms with van der Waals surface area (Å²) < 4.78 is 0. The molecule has 0 saturated heterocycles. The highest BCUT2D eigenvalue weighted by atomic mass is 14.9. The third kappa shape index (κ3) is 0.542. The molecule has 2 unspecified atom stereocenters. The quantitative estimate of drug-likeness (QED) is 0.556. The molecule has 12 heavy (non-hydrogen) atoms. The first-order valence-corrected chi connectivity index (χ1v) is 5.01. The van der Waals surface area contributed by atoms with Crippen molar-refractivity contribution in [2.75, 3.05) is 0 Å². The molecule has 0 radical (unpaired) electrons. The van der Waals surface area contributed by atoms with Gasteiger partial charge in [0.2, 0.25) is 0 Å². The summed E-state index contributed by atoms with van der Waals surface area (Å²) in [6.45, 7) is 10.1. The number of hydrogen-bond acceptors (Lipinski definition) is 0. The van der Waals surface area contributed by atoms with Crippen LogP contribution in [0.15, 0.2) is 24.3 Å². The Balaban J connectivity index is 1.72. The van der Waals surface area contributed by atoms with Gasteiger partial charge in [0.1, 0.15) is 0 Å². The fourth-order valence-corrected chi connectivity index (χ4v) is 3.74. The van der Waals surface area contributed by atoms with Crippen molar-refractivity contribution >= 4 is 0 Å². The van der Waals surface area contributed by atoms with E-state index in [1.165, 1.54) is 30.4 Å². The van der Waals surface area contributed by atoms with E-state index in [4.69, 9.17) is 0 Å². The van der Waals surface area contributed by atoms with E-state index in [1.807, 2.05) is 0 Å². The van der Waals surface area contributed by atoms with Gasteiger partial charge >= 0.3 is 0 Å². The lowest BCUT2D eigenvalue weighted by Crippen LogP contribution is -1.99. The van der Waals surface area contributed by atoms with Crippen LogP contribution in [0.3, 0.4) is 0 Å². The van der Waals surface area contributed by atoms with Gasteiger partial charge < -0.3 is 0 Å². The summed E-state index contributed by atoms with van der Waals surface area (Å²) in [5.41, 5.74) is 3.30. The van der Waals surface area contributed by atoms with Crippen LogP contribution in [0.5, 0.6) is 0 Å². The van der Waals surface area contributed by atoms with Crippen LogP contribution >= 0.6 is 0 Å². The Bertz CT molecular complexity index is 263. The second kappa shape index (κ2) is 1.71. The van der Waals surface area contributed by atoms with Crippen LogP contribution in [0.25, 0.3) is 0 Å². The Morgan fingerprint density at radius 2 is 1.92 bits per heavy atom. The second-order valence-electron chi connectivity index (χ2n) is 4.99. The molecular formula is C12H16. The highest BCUT2D eigenvalue weighted by molar-refractivity contribution is 5.40. The number of hydrogen-bond donors (Lipinski definition) is 0. The molecule has 0 aromatic heterocycles. The minimum atomic E-state index is 0.788. The average molecular weight is 160 g/mol. The van der Waals surface area contributed by atoms with E-state index in [2.05, 4.69) is 20.1 Å². The highest BCUT2D eigenvalue weighted by Gasteiger charge is 2.87.